The molecule has 25 heavy (non-hydrogen) atoms. The number of carbonyl (C=O) groups excluding carboxylic acids is 1. The van der Waals surface area contributed by atoms with E-state index in [1.807, 2.05) is 24.3 Å². The molecular weight excluding hydrogens is 308 g/mol. The predicted octanol–water partition coefficient (Wildman–Crippen LogP) is 4.83. The van der Waals surface area contributed by atoms with E-state index in [1.54, 1.807) is 11.9 Å². The Bertz CT molecular complexity index is 824. The standard InChI is InChI=1S/C22H22N2O/c1-16(25)24-22(18-11-6-3-7-12-18)20-14-8-13-19(21(20)23-24)15-17-9-4-2-5-10-17/h2-7,9-12,15,20,22H,8,13-14H2,1H3/b19-15-. The first-order valence-electron chi connectivity index (χ1n) is 8.93. The second-order valence-corrected chi connectivity index (χ2v) is 6.78. The first-order valence-corrected chi connectivity index (χ1v) is 8.93. The van der Waals surface area contributed by atoms with Crippen molar-refractivity contribution in [1.82, 2.24) is 5.01 Å². The fourth-order valence-corrected chi connectivity index (χ4v) is 4.00. The number of carbonyl (C=O) groups is 1. The van der Waals surface area contributed by atoms with Crippen LogP contribution in [0, 0.1) is 5.92 Å². The van der Waals surface area contributed by atoms with Crippen molar-refractivity contribution in [2.45, 2.75) is 32.2 Å². The summed E-state index contributed by atoms with van der Waals surface area (Å²) in [6, 6.07) is 20.7. The lowest BCUT2D eigenvalue weighted by Gasteiger charge is -2.29. The Balaban J connectivity index is 1.74. The molecule has 1 fully saturated rings. The minimum Gasteiger partial charge on any atom is -0.273 e. The largest absolute Gasteiger partial charge is 0.273 e. The minimum absolute atomic E-state index is 0.00909. The third kappa shape index (κ3) is 3.02. The molecule has 3 nitrogen and oxygen atoms in total. The summed E-state index contributed by atoms with van der Waals surface area (Å²) in [5.74, 6) is 0.296. The fourth-order valence-electron chi connectivity index (χ4n) is 4.00. The second-order valence-electron chi connectivity index (χ2n) is 6.78. The van der Waals surface area contributed by atoms with Gasteiger partial charge in [0.1, 0.15) is 0 Å². The van der Waals surface area contributed by atoms with Crippen LogP contribution in [0.15, 0.2) is 71.3 Å². The van der Waals surface area contributed by atoms with Crippen LogP contribution in [0.5, 0.6) is 0 Å². The lowest BCUT2D eigenvalue weighted by Crippen LogP contribution is -2.30. The zero-order valence-electron chi connectivity index (χ0n) is 14.4. The molecule has 2 aliphatic rings. The molecule has 1 amide bonds. The Morgan fingerprint density at radius 3 is 2.44 bits per heavy atom. The maximum Gasteiger partial charge on any atom is 0.240 e. The van der Waals surface area contributed by atoms with Crippen molar-refractivity contribution < 1.29 is 4.79 Å². The molecule has 2 aromatic carbocycles. The number of benzene rings is 2. The average molecular weight is 330 g/mol. The van der Waals surface area contributed by atoms with Gasteiger partial charge < -0.3 is 0 Å². The van der Waals surface area contributed by atoms with Crippen molar-refractivity contribution in [2.75, 3.05) is 0 Å². The molecule has 4 rings (SSSR count). The van der Waals surface area contributed by atoms with Crippen LogP contribution in [0.25, 0.3) is 6.08 Å². The molecule has 1 aliphatic heterocycles. The number of hydrogen-bond acceptors (Lipinski definition) is 2. The van der Waals surface area contributed by atoms with Crippen molar-refractivity contribution in [1.29, 1.82) is 0 Å². The van der Waals surface area contributed by atoms with E-state index in [2.05, 4.69) is 42.5 Å². The molecule has 0 aromatic heterocycles. The highest BCUT2D eigenvalue weighted by Crippen LogP contribution is 2.44. The van der Waals surface area contributed by atoms with Crippen molar-refractivity contribution >= 4 is 17.7 Å². The van der Waals surface area contributed by atoms with Gasteiger partial charge in [-0.3, -0.25) is 4.79 Å². The van der Waals surface area contributed by atoms with E-state index in [9.17, 15) is 4.79 Å². The minimum atomic E-state index is 0.00909. The summed E-state index contributed by atoms with van der Waals surface area (Å²) in [6.45, 7) is 1.61. The number of allylic oxidation sites excluding steroid dienone is 1. The van der Waals surface area contributed by atoms with Crippen LogP contribution < -0.4 is 0 Å². The number of hydrogen-bond donors (Lipinski definition) is 0. The van der Waals surface area contributed by atoms with Crippen molar-refractivity contribution in [3.05, 3.63) is 77.4 Å². The van der Waals surface area contributed by atoms with Crippen LogP contribution in [-0.2, 0) is 4.79 Å². The van der Waals surface area contributed by atoms with Crippen LogP contribution in [0.3, 0.4) is 0 Å². The van der Waals surface area contributed by atoms with Crippen LogP contribution >= 0.6 is 0 Å². The summed E-state index contributed by atoms with van der Waals surface area (Å²) in [5, 5.41) is 6.47. The Hall–Kier alpha value is -2.68. The molecule has 126 valence electrons. The summed E-state index contributed by atoms with van der Waals surface area (Å²) in [7, 11) is 0. The van der Waals surface area contributed by atoms with E-state index in [-0.39, 0.29) is 17.9 Å². The fraction of sp³-hybridized carbons (Fsp3) is 0.273. The highest BCUT2D eigenvalue weighted by Gasteiger charge is 2.42. The summed E-state index contributed by atoms with van der Waals surface area (Å²) < 4.78 is 0. The quantitative estimate of drug-likeness (QED) is 0.776. The molecule has 2 atom stereocenters. The summed E-state index contributed by atoms with van der Waals surface area (Å²) in [6.07, 6.45) is 5.47. The van der Waals surface area contributed by atoms with Gasteiger partial charge in [-0.15, -0.1) is 0 Å². The second kappa shape index (κ2) is 6.67. The van der Waals surface area contributed by atoms with E-state index >= 15 is 0 Å². The smallest absolute Gasteiger partial charge is 0.240 e. The molecular formula is C22H22N2O. The van der Waals surface area contributed by atoms with Gasteiger partial charge in [-0.05, 0) is 42.0 Å². The van der Waals surface area contributed by atoms with Crippen molar-refractivity contribution in [3.8, 4) is 0 Å². The van der Waals surface area contributed by atoms with E-state index in [0.29, 0.717) is 0 Å². The van der Waals surface area contributed by atoms with Gasteiger partial charge in [0, 0.05) is 12.8 Å². The van der Waals surface area contributed by atoms with Crippen molar-refractivity contribution in [2.24, 2.45) is 11.0 Å². The van der Waals surface area contributed by atoms with E-state index < -0.39 is 0 Å². The van der Waals surface area contributed by atoms with Gasteiger partial charge in [0.15, 0.2) is 0 Å². The zero-order chi connectivity index (χ0) is 17.2. The highest BCUT2D eigenvalue weighted by molar-refractivity contribution is 6.08. The normalized spacial score (nSPS) is 24.1. The van der Waals surface area contributed by atoms with E-state index in [1.165, 1.54) is 16.7 Å². The van der Waals surface area contributed by atoms with Gasteiger partial charge >= 0.3 is 0 Å². The van der Waals surface area contributed by atoms with Crippen LogP contribution in [0.1, 0.15) is 43.4 Å². The molecule has 1 heterocycles. The van der Waals surface area contributed by atoms with Crippen molar-refractivity contribution in [3.63, 3.8) is 0 Å². The maximum atomic E-state index is 12.2. The predicted molar refractivity (Wildman–Crippen MR) is 101 cm³/mol. The number of amides is 1. The maximum absolute atomic E-state index is 12.2. The number of rotatable bonds is 2. The third-order valence-electron chi connectivity index (χ3n) is 5.11. The molecule has 2 unspecified atom stereocenters. The van der Waals surface area contributed by atoms with E-state index in [4.69, 9.17) is 5.10 Å². The summed E-state index contributed by atoms with van der Waals surface area (Å²) in [5.41, 5.74) is 4.73. The Kier molecular flexibility index (Phi) is 4.22. The van der Waals surface area contributed by atoms with Crippen LogP contribution in [0.4, 0.5) is 0 Å². The monoisotopic (exact) mass is 330 g/mol. The molecule has 1 aliphatic carbocycles. The zero-order valence-corrected chi connectivity index (χ0v) is 14.4. The molecule has 0 radical (unpaired) electrons. The molecule has 1 saturated carbocycles. The molecule has 0 N–H and O–H groups in total. The number of nitrogens with zero attached hydrogens (tertiary/aromatic N) is 2. The Morgan fingerprint density at radius 1 is 1.08 bits per heavy atom. The van der Waals surface area contributed by atoms with Crippen LogP contribution in [-0.4, -0.2) is 16.6 Å². The summed E-state index contributed by atoms with van der Waals surface area (Å²) in [4.78, 5) is 12.2. The van der Waals surface area contributed by atoms with Gasteiger partial charge in [-0.2, -0.15) is 5.10 Å². The first kappa shape index (κ1) is 15.8. The highest BCUT2D eigenvalue weighted by atomic mass is 16.2. The average Bonchev–Trinajstić information content (AvgIpc) is 3.04. The molecule has 2 aromatic rings. The SMILES string of the molecule is CC(=O)N1N=C2/C(=C\c3ccccc3)CCCC2C1c1ccccc1. The summed E-state index contributed by atoms with van der Waals surface area (Å²) >= 11 is 0. The van der Waals surface area contributed by atoms with Gasteiger partial charge in [-0.25, -0.2) is 5.01 Å². The lowest BCUT2D eigenvalue weighted by molar-refractivity contribution is -0.131. The molecule has 0 spiro atoms. The molecule has 3 heteroatoms. The number of fused-ring (bicyclic) bond motifs is 1. The van der Waals surface area contributed by atoms with E-state index in [0.717, 1.165) is 25.0 Å². The van der Waals surface area contributed by atoms with Gasteiger partial charge in [0.2, 0.25) is 5.91 Å². The van der Waals surface area contributed by atoms with Gasteiger partial charge in [-0.1, -0.05) is 60.7 Å². The molecule has 0 saturated heterocycles. The molecule has 0 bridgehead atoms. The van der Waals surface area contributed by atoms with Crippen LogP contribution in [0.2, 0.25) is 0 Å². The Labute approximate surface area is 148 Å². The Morgan fingerprint density at radius 2 is 1.76 bits per heavy atom. The topological polar surface area (TPSA) is 32.7 Å². The number of hydrazone groups is 1. The first-order chi connectivity index (χ1) is 12.2. The van der Waals surface area contributed by atoms with Gasteiger partial charge in [0.25, 0.3) is 0 Å². The third-order valence-corrected chi connectivity index (χ3v) is 5.11. The lowest BCUT2D eigenvalue weighted by atomic mass is 9.77. The van der Waals surface area contributed by atoms with Gasteiger partial charge in [0.05, 0.1) is 11.8 Å².